The molecule has 1 saturated heterocycles. The van der Waals surface area contributed by atoms with Gasteiger partial charge >= 0.3 is 0 Å². The number of methoxy groups -OCH3 is 1. The predicted octanol–water partition coefficient (Wildman–Crippen LogP) is 2.95. The number of carbonyl (C=O) groups excluding carboxylic acids is 2. The van der Waals surface area contributed by atoms with Crippen LogP contribution in [-0.4, -0.2) is 49.6 Å². The molecule has 0 aromatic heterocycles. The van der Waals surface area contributed by atoms with Gasteiger partial charge in [-0.1, -0.05) is 30.3 Å². The monoisotopic (exact) mass is 414 g/mol. The number of para-hydroxylation sites is 2. The van der Waals surface area contributed by atoms with E-state index in [-0.39, 0.29) is 36.6 Å². The number of piperidine rings is 1. The van der Waals surface area contributed by atoms with Gasteiger partial charge in [-0.25, -0.2) is 4.39 Å². The minimum absolute atomic E-state index is 0.0290. The predicted molar refractivity (Wildman–Crippen MR) is 111 cm³/mol. The number of benzene rings is 2. The molecule has 2 amide bonds. The standard InChI is InChI=1S/C23H27FN2O4/c1-29-20-8-4-2-6-17(20)16-23(28)26-13-10-18(11-14-26)25-22(27)12-15-30-21-9-5-3-7-19(21)24/h2-9,18H,10-16H2,1H3,(H,25,27). The Bertz CT molecular complexity index is 866. The maximum atomic E-state index is 13.5. The lowest BCUT2D eigenvalue weighted by Crippen LogP contribution is -2.47. The molecule has 30 heavy (non-hydrogen) atoms. The number of hydrogen-bond donors (Lipinski definition) is 1. The van der Waals surface area contributed by atoms with E-state index in [2.05, 4.69) is 5.32 Å². The first-order valence-electron chi connectivity index (χ1n) is 10.1. The number of carbonyl (C=O) groups is 2. The Morgan fingerprint density at radius 1 is 1.07 bits per heavy atom. The molecular weight excluding hydrogens is 387 g/mol. The molecule has 0 radical (unpaired) electrons. The summed E-state index contributed by atoms with van der Waals surface area (Å²) < 4.78 is 24.1. The Morgan fingerprint density at radius 2 is 1.73 bits per heavy atom. The number of halogens is 1. The van der Waals surface area contributed by atoms with Gasteiger partial charge in [0.15, 0.2) is 11.6 Å². The Hall–Kier alpha value is -3.09. The van der Waals surface area contributed by atoms with Crippen LogP contribution < -0.4 is 14.8 Å². The van der Waals surface area contributed by atoms with Gasteiger partial charge in [0, 0.05) is 24.7 Å². The Morgan fingerprint density at radius 3 is 2.43 bits per heavy atom. The summed E-state index contributed by atoms with van der Waals surface area (Å²) in [6, 6.07) is 13.7. The highest BCUT2D eigenvalue weighted by atomic mass is 19.1. The summed E-state index contributed by atoms with van der Waals surface area (Å²) in [7, 11) is 1.60. The van der Waals surface area contributed by atoms with Crippen LogP contribution in [0.3, 0.4) is 0 Å². The van der Waals surface area contributed by atoms with Crippen molar-refractivity contribution in [3.63, 3.8) is 0 Å². The minimum Gasteiger partial charge on any atom is -0.496 e. The third-order valence-electron chi connectivity index (χ3n) is 5.17. The molecule has 3 rings (SSSR count). The van der Waals surface area contributed by atoms with Gasteiger partial charge < -0.3 is 19.7 Å². The van der Waals surface area contributed by atoms with Crippen molar-refractivity contribution < 1.29 is 23.5 Å². The number of hydrogen-bond acceptors (Lipinski definition) is 4. The first-order chi connectivity index (χ1) is 14.6. The lowest BCUT2D eigenvalue weighted by Gasteiger charge is -2.32. The van der Waals surface area contributed by atoms with E-state index in [4.69, 9.17) is 9.47 Å². The van der Waals surface area contributed by atoms with Gasteiger partial charge in [0.05, 0.1) is 26.6 Å². The molecule has 0 bridgehead atoms. The average molecular weight is 414 g/mol. The zero-order valence-electron chi connectivity index (χ0n) is 17.1. The van der Waals surface area contributed by atoms with E-state index in [0.29, 0.717) is 38.1 Å². The van der Waals surface area contributed by atoms with E-state index in [1.165, 1.54) is 12.1 Å². The summed E-state index contributed by atoms with van der Waals surface area (Å²) in [5, 5.41) is 2.98. The van der Waals surface area contributed by atoms with Crippen LogP contribution in [-0.2, 0) is 16.0 Å². The highest BCUT2D eigenvalue weighted by Crippen LogP contribution is 2.20. The van der Waals surface area contributed by atoms with Crippen LogP contribution in [0.4, 0.5) is 4.39 Å². The first kappa shape index (κ1) is 21.6. The third-order valence-corrected chi connectivity index (χ3v) is 5.17. The zero-order chi connectivity index (χ0) is 21.3. The van der Waals surface area contributed by atoms with Crippen LogP contribution in [0.2, 0.25) is 0 Å². The van der Waals surface area contributed by atoms with Gasteiger partial charge in [-0.05, 0) is 31.0 Å². The van der Waals surface area contributed by atoms with Crippen LogP contribution in [0.15, 0.2) is 48.5 Å². The van der Waals surface area contributed by atoms with Crippen molar-refractivity contribution in [3.05, 3.63) is 59.9 Å². The van der Waals surface area contributed by atoms with Crippen LogP contribution in [0.1, 0.15) is 24.8 Å². The van der Waals surface area contributed by atoms with Crippen molar-refractivity contribution in [1.29, 1.82) is 0 Å². The lowest BCUT2D eigenvalue weighted by atomic mass is 10.0. The lowest BCUT2D eigenvalue weighted by molar-refractivity contribution is -0.131. The molecule has 1 N–H and O–H groups in total. The molecule has 160 valence electrons. The highest BCUT2D eigenvalue weighted by Gasteiger charge is 2.24. The molecule has 0 saturated carbocycles. The molecule has 1 heterocycles. The van der Waals surface area contributed by atoms with E-state index < -0.39 is 5.82 Å². The van der Waals surface area contributed by atoms with Crippen LogP contribution in [0, 0.1) is 5.82 Å². The fourth-order valence-corrected chi connectivity index (χ4v) is 3.51. The number of rotatable bonds is 8. The minimum atomic E-state index is -0.442. The number of ether oxygens (including phenoxy) is 2. The summed E-state index contributed by atoms with van der Waals surface area (Å²) >= 11 is 0. The molecule has 0 spiro atoms. The first-order valence-corrected chi connectivity index (χ1v) is 10.1. The van der Waals surface area contributed by atoms with E-state index in [0.717, 1.165) is 5.56 Å². The summed E-state index contributed by atoms with van der Waals surface area (Å²) in [6.45, 7) is 1.32. The Kier molecular flexibility index (Phi) is 7.65. The fraction of sp³-hybridized carbons (Fsp3) is 0.391. The van der Waals surface area contributed by atoms with Gasteiger partial charge in [-0.15, -0.1) is 0 Å². The molecule has 1 fully saturated rings. The molecule has 2 aromatic carbocycles. The van der Waals surface area contributed by atoms with Crippen molar-refractivity contribution in [2.75, 3.05) is 26.8 Å². The average Bonchev–Trinajstić information content (AvgIpc) is 2.76. The largest absolute Gasteiger partial charge is 0.496 e. The van der Waals surface area contributed by atoms with Gasteiger partial charge in [-0.3, -0.25) is 9.59 Å². The molecule has 6 nitrogen and oxygen atoms in total. The second kappa shape index (κ2) is 10.6. The summed E-state index contributed by atoms with van der Waals surface area (Å²) in [6.07, 6.45) is 1.87. The molecule has 0 unspecified atom stereocenters. The molecule has 1 aliphatic heterocycles. The van der Waals surface area contributed by atoms with Gasteiger partial charge in [0.1, 0.15) is 5.75 Å². The van der Waals surface area contributed by atoms with E-state index >= 15 is 0 Å². The quantitative estimate of drug-likeness (QED) is 0.721. The Balaban J connectivity index is 1.38. The Labute approximate surface area is 176 Å². The van der Waals surface area contributed by atoms with Crippen molar-refractivity contribution in [3.8, 4) is 11.5 Å². The highest BCUT2D eigenvalue weighted by molar-refractivity contribution is 5.80. The summed E-state index contributed by atoms with van der Waals surface area (Å²) in [5.41, 5.74) is 0.871. The second-order valence-corrected chi connectivity index (χ2v) is 7.24. The van der Waals surface area contributed by atoms with Crippen molar-refractivity contribution in [2.24, 2.45) is 0 Å². The molecule has 2 aromatic rings. The number of nitrogens with zero attached hydrogens (tertiary/aromatic N) is 1. The number of nitrogens with one attached hydrogen (secondary N) is 1. The number of amides is 2. The maximum absolute atomic E-state index is 13.5. The number of likely N-dealkylation sites (tertiary alicyclic amines) is 1. The van der Waals surface area contributed by atoms with E-state index in [1.54, 1.807) is 19.2 Å². The van der Waals surface area contributed by atoms with E-state index in [1.807, 2.05) is 29.2 Å². The van der Waals surface area contributed by atoms with Crippen molar-refractivity contribution in [1.82, 2.24) is 10.2 Å². The summed E-state index contributed by atoms with van der Waals surface area (Å²) in [4.78, 5) is 26.6. The zero-order valence-corrected chi connectivity index (χ0v) is 17.1. The van der Waals surface area contributed by atoms with Crippen LogP contribution >= 0.6 is 0 Å². The van der Waals surface area contributed by atoms with Gasteiger partial charge in [0.25, 0.3) is 0 Å². The third kappa shape index (κ3) is 5.95. The van der Waals surface area contributed by atoms with Crippen molar-refractivity contribution >= 4 is 11.8 Å². The normalized spacial score (nSPS) is 14.3. The van der Waals surface area contributed by atoms with Gasteiger partial charge in [0.2, 0.25) is 11.8 Å². The van der Waals surface area contributed by atoms with Crippen LogP contribution in [0.25, 0.3) is 0 Å². The second-order valence-electron chi connectivity index (χ2n) is 7.24. The van der Waals surface area contributed by atoms with Crippen molar-refractivity contribution in [2.45, 2.75) is 31.7 Å². The van der Waals surface area contributed by atoms with Gasteiger partial charge in [-0.2, -0.15) is 0 Å². The van der Waals surface area contributed by atoms with Crippen LogP contribution in [0.5, 0.6) is 11.5 Å². The molecule has 1 aliphatic rings. The van der Waals surface area contributed by atoms with E-state index in [9.17, 15) is 14.0 Å². The molecule has 0 aliphatic carbocycles. The summed E-state index contributed by atoms with van der Waals surface area (Å²) in [5.74, 6) is 0.341. The molecule has 7 heteroatoms. The smallest absolute Gasteiger partial charge is 0.227 e. The topological polar surface area (TPSA) is 67.9 Å². The molecule has 0 atom stereocenters. The molecular formula is C23H27FN2O4. The fourth-order valence-electron chi connectivity index (χ4n) is 3.51. The SMILES string of the molecule is COc1ccccc1CC(=O)N1CCC(NC(=O)CCOc2ccccc2F)CC1. The maximum Gasteiger partial charge on any atom is 0.227 e.